The third-order valence-corrected chi connectivity index (χ3v) is 3.83. The van der Waals surface area contributed by atoms with E-state index in [0.717, 1.165) is 24.1 Å². The lowest BCUT2D eigenvalue weighted by Gasteiger charge is -2.26. The molecule has 0 N–H and O–H groups in total. The second-order valence-corrected chi connectivity index (χ2v) is 4.82. The van der Waals surface area contributed by atoms with Gasteiger partial charge in [0.05, 0.1) is 5.69 Å². The van der Waals surface area contributed by atoms with Crippen molar-refractivity contribution in [2.75, 3.05) is 4.90 Å². The number of hydrogen-bond acceptors (Lipinski definition) is 2. The van der Waals surface area contributed by atoms with Crippen LogP contribution in [0.4, 0.5) is 5.69 Å². The standard InChI is InChI=1S/C15H16N2O/c1-3-12-9-11-6-4-5-10-7-8-13(16-2)15(18)17(12)14(10)11/h4-8,12-13H,2-3,9H2,1H3. The van der Waals surface area contributed by atoms with Crippen molar-refractivity contribution < 1.29 is 4.79 Å². The van der Waals surface area contributed by atoms with Crippen LogP contribution in [0.15, 0.2) is 29.3 Å². The van der Waals surface area contributed by atoms with Crippen molar-refractivity contribution in [3.63, 3.8) is 0 Å². The molecule has 92 valence electrons. The van der Waals surface area contributed by atoms with Gasteiger partial charge >= 0.3 is 0 Å². The van der Waals surface area contributed by atoms with Crippen molar-refractivity contribution in [3.05, 3.63) is 35.4 Å². The van der Waals surface area contributed by atoms with Gasteiger partial charge in [0, 0.05) is 6.04 Å². The minimum atomic E-state index is -0.447. The van der Waals surface area contributed by atoms with E-state index >= 15 is 0 Å². The monoisotopic (exact) mass is 240 g/mol. The predicted octanol–water partition coefficient (Wildman–Crippen LogP) is 2.45. The van der Waals surface area contributed by atoms with Gasteiger partial charge in [-0.2, -0.15) is 0 Å². The fourth-order valence-corrected chi connectivity index (χ4v) is 2.91. The molecular weight excluding hydrogens is 224 g/mol. The van der Waals surface area contributed by atoms with E-state index in [1.807, 2.05) is 17.1 Å². The van der Waals surface area contributed by atoms with E-state index in [9.17, 15) is 4.79 Å². The number of carbonyl (C=O) groups is 1. The van der Waals surface area contributed by atoms with Crippen LogP contribution in [-0.4, -0.2) is 24.7 Å². The molecule has 1 amide bonds. The molecule has 0 spiro atoms. The first kappa shape index (κ1) is 11.2. The minimum absolute atomic E-state index is 0.0526. The molecule has 2 unspecified atom stereocenters. The molecule has 0 radical (unpaired) electrons. The first-order chi connectivity index (χ1) is 8.76. The number of rotatable bonds is 2. The van der Waals surface area contributed by atoms with Gasteiger partial charge in [-0.3, -0.25) is 9.79 Å². The highest BCUT2D eigenvalue weighted by molar-refractivity contribution is 6.05. The SMILES string of the molecule is C=NC1C=Cc2cccc3c2N(C1=O)C(CC)C3. The smallest absolute Gasteiger partial charge is 0.256 e. The lowest BCUT2D eigenvalue weighted by molar-refractivity contribution is -0.119. The van der Waals surface area contributed by atoms with Gasteiger partial charge in [0.15, 0.2) is 0 Å². The maximum atomic E-state index is 12.5. The van der Waals surface area contributed by atoms with Crippen LogP contribution in [0, 0.1) is 0 Å². The fourth-order valence-electron chi connectivity index (χ4n) is 2.91. The van der Waals surface area contributed by atoms with Crippen molar-refractivity contribution in [2.24, 2.45) is 4.99 Å². The Bertz CT molecular complexity index is 547. The van der Waals surface area contributed by atoms with Gasteiger partial charge < -0.3 is 4.90 Å². The summed E-state index contributed by atoms with van der Waals surface area (Å²) in [7, 11) is 0. The molecule has 1 aromatic carbocycles. The summed E-state index contributed by atoms with van der Waals surface area (Å²) >= 11 is 0. The molecule has 2 aliphatic heterocycles. The number of anilines is 1. The molecule has 0 bridgehead atoms. The quantitative estimate of drug-likeness (QED) is 0.731. The maximum absolute atomic E-state index is 12.5. The van der Waals surface area contributed by atoms with Crippen LogP contribution in [-0.2, 0) is 11.2 Å². The third-order valence-electron chi connectivity index (χ3n) is 3.83. The molecule has 0 fully saturated rings. The summed E-state index contributed by atoms with van der Waals surface area (Å²) in [5.41, 5.74) is 3.46. The number of hydrogen-bond donors (Lipinski definition) is 0. The topological polar surface area (TPSA) is 32.7 Å². The number of amides is 1. The van der Waals surface area contributed by atoms with Crippen molar-refractivity contribution in [3.8, 4) is 0 Å². The van der Waals surface area contributed by atoms with E-state index in [4.69, 9.17) is 0 Å². The summed E-state index contributed by atoms with van der Waals surface area (Å²) < 4.78 is 0. The summed E-state index contributed by atoms with van der Waals surface area (Å²) in [6, 6.07) is 6.04. The number of benzene rings is 1. The van der Waals surface area contributed by atoms with Crippen LogP contribution in [0.1, 0.15) is 24.5 Å². The van der Waals surface area contributed by atoms with Gasteiger partial charge in [0.25, 0.3) is 5.91 Å². The highest BCUT2D eigenvalue weighted by Crippen LogP contribution is 2.39. The zero-order valence-corrected chi connectivity index (χ0v) is 10.5. The fraction of sp³-hybridized carbons (Fsp3) is 0.333. The molecule has 0 saturated carbocycles. The molecule has 0 aromatic heterocycles. The van der Waals surface area contributed by atoms with Crippen molar-refractivity contribution in [1.29, 1.82) is 0 Å². The van der Waals surface area contributed by atoms with Gasteiger partial charge in [-0.05, 0) is 30.7 Å². The number of nitrogens with zero attached hydrogens (tertiary/aromatic N) is 2. The van der Waals surface area contributed by atoms with Crippen LogP contribution >= 0.6 is 0 Å². The second kappa shape index (κ2) is 4.09. The van der Waals surface area contributed by atoms with Crippen molar-refractivity contribution >= 4 is 24.4 Å². The van der Waals surface area contributed by atoms with E-state index in [-0.39, 0.29) is 11.9 Å². The summed E-state index contributed by atoms with van der Waals surface area (Å²) in [5, 5.41) is 0. The Labute approximate surface area is 107 Å². The normalized spacial score (nSPS) is 24.9. The average molecular weight is 240 g/mol. The molecule has 2 heterocycles. The zero-order valence-electron chi connectivity index (χ0n) is 10.5. The number of aliphatic imine (C=N–C) groups is 1. The lowest BCUT2D eigenvalue weighted by atomic mass is 10.0. The molecule has 3 nitrogen and oxygen atoms in total. The van der Waals surface area contributed by atoms with Gasteiger partial charge in [0.1, 0.15) is 6.04 Å². The van der Waals surface area contributed by atoms with Crippen LogP contribution in [0.5, 0.6) is 0 Å². The largest absolute Gasteiger partial charge is 0.306 e. The average Bonchev–Trinajstić information content (AvgIpc) is 2.70. The van der Waals surface area contributed by atoms with Crippen LogP contribution < -0.4 is 4.90 Å². The summed E-state index contributed by atoms with van der Waals surface area (Å²) in [6.07, 6.45) is 5.75. The number of carbonyl (C=O) groups excluding carboxylic acids is 1. The Kier molecular flexibility index (Phi) is 2.54. The highest BCUT2D eigenvalue weighted by atomic mass is 16.2. The van der Waals surface area contributed by atoms with Crippen molar-refractivity contribution in [2.45, 2.75) is 31.8 Å². The van der Waals surface area contributed by atoms with Crippen LogP contribution in [0.25, 0.3) is 6.08 Å². The van der Waals surface area contributed by atoms with Crippen LogP contribution in [0.2, 0.25) is 0 Å². The van der Waals surface area contributed by atoms with Gasteiger partial charge in [-0.1, -0.05) is 37.3 Å². The molecule has 3 rings (SSSR count). The Morgan fingerprint density at radius 3 is 3.06 bits per heavy atom. The van der Waals surface area contributed by atoms with Crippen LogP contribution in [0.3, 0.4) is 0 Å². The molecule has 1 aromatic rings. The first-order valence-electron chi connectivity index (χ1n) is 6.35. The zero-order chi connectivity index (χ0) is 12.7. The first-order valence-corrected chi connectivity index (χ1v) is 6.35. The van der Waals surface area contributed by atoms with E-state index in [0.29, 0.717) is 0 Å². The third kappa shape index (κ3) is 1.43. The molecule has 2 aliphatic rings. The maximum Gasteiger partial charge on any atom is 0.256 e. The van der Waals surface area contributed by atoms with Gasteiger partial charge in [-0.25, -0.2) is 0 Å². The Morgan fingerprint density at radius 2 is 2.33 bits per heavy atom. The Hall–Kier alpha value is -1.90. The van der Waals surface area contributed by atoms with E-state index in [1.54, 1.807) is 0 Å². The van der Waals surface area contributed by atoms with Gasteiger partial charge in [0.2, 0.25) is 0 Å². The van der Waals surface area contributed by atoms with Gasteiger partial charge in [-0.15, -0.1) is 0 Å². The van der Waals surface area contributed by atoms with Crippen molar-refractivity contribution in [1.82, 2.24) is 0 Å². The minimum Gasteiger partial charge on any atom is -0.306 e. The number of para-hydroxylation sites is 1. The summed E-state index contributed by atoms with van der Waals surface area (Å²) in [5.74, 6) is 0.0526. The molecule has 18 heavy (non-hydrogen) atoms. The summed E-state index contributed by atoms with van der Waals surface area (Å²) in [6.45, 7) is 5.65. The summed E-state index contributed by atoms with van der Waals surface area (Å²) in [4.78, 5) is 18.4. The second-order valence-electron chi connectivity index (χ2n) is 4.82. The molecule has 3 heteroatoms. The molecule has 0 aliphatic carbocycles. The molecule has 0 saturated heterocycles. The van der Waals surface area contributed by atoms with E-state index in [2.05, 4.69) is 36.8 Å². The molecular formula is C15H16N2O. The predicted molar refractivity (Wildman–Crippen MR) is 74.1 cm³/mol. The van der Waals surface area contributed by atoms with E-state index < -0.39 is 6.04 Å². The molecule has 2 atom stereocenters. The van der Waals surface area contributed by atoms with E-state index in [1.165, 1.54) is 5.56 Å². The highest BCUT2D eigenvalue weighted by Gasteiger charge is 2.37. The lowest BCUT2D eigenvalue weighted by Crippen LogP contribution is -2.42. The Morgan fingerprint density at radius 1 is 1.50 bits per heavy atom. The Balaban J connectivity index is 2.19.